The second kappa shape index (κ2) is 8.23. The number of carbonyl (C=O) groups is 1. The lowest BCUT2D eigenvalue weighted by atomic mass is 10.0. The maximum atomic E-state index is 14.3. The average Bonchev–Trinajstić information content (AvgIpc) is 3.44. The minimum absolute atomic E-state index is 0.125. The van der Waals surface area contributed by atoms with E-state index in [0.717, 1.165) is 0 Å². The van der Waals surface area contributed by atoms with E-state index in [1.54, 1.807) is 6.20 Å². The maximum Gasteiger partial charge on any atom is 0.220 e. The fourth-order valence-corrected chi connectivity index (χ4v) is 2.85. The van der Waals surface area contributed by atoms with Gasteiger partial charge in [0.05, 0.1) is 13.2 Å². The first-order chi connectivity index (χ1) is 12.6. The number of carbonyl (C=O) groups excluding carboxylic acids is 1. The fourth-order valence-electron chi connectivity index (χ4n) is 2.85. The van der Waals surface area contributed by atoms with E-state index in [2.05, 4.69) is 26.4 Å². The van der Waals surface area contributed by atoms with Gasteiger partial charge in [0, 0.05) is 51.5 Å². The number of hydrogen-bond donors (Lipinski definition) is 1. The van der Waals surface area contributed by atoms with Crippen LogP contribution in [0.5, 0.6) is 0 Å². The average molecular weight is 359 g/mol. The van der Waals surface area contributed by atoms with Crippen molar-refractivity contribution in [1.82, 2.24) is 10.3 Å². The van der Waals surface area contributed by atoms with Gasteiger partial charge in [-0.05, 0) is 11.6 Å². The number of rotatable bonds is 8. The van der Waals surface area contributed by atoms with Crippen LogP contribution in [-0.2, 0) is 16.1 Å². The number of hydrogen-bond acceptors (Lipinski definition) is 6. The van der Waals surface area contributed by atoms with Crippen LogP contribution < -0.4 is 10.2 Å². The van der Waals surface area contributed by atoms with E-state index in [1.165, 1.54) is 6.07 Å². The maximum absolute atomic E-state index is 14.3. The summed E-state index contributed by atoms with van der Waals surface area (Å²) in [4.78, 5) is 18.1. The zero-order chi connectivity index (χ0) is 18.4. The third-order valence-electron chi connectivity index (χ3n) is 4.48. The van der Waals surface area contributed by atoms with Crippen molar-refractivity contribution in [3.8, 4) is 12.3 Å². The van der Waals surface area contributed by atoms with Gasteiger partial charge >= 0.3 is 0 Å². The van der Waals surface area contributed by atoms with E-state index in [-0.39, 0.29) is 18.3 Å². The molecule has 0 atom stereocenters. The smallest absolute Gasteiger partial charge is 0.220 e. The lowest BCUT2D eigenvalue weighted by molar-refractivity contribution is -0.121. The molecule has 138 valence electrons. The number of morpholine rings is 1. The second-order valence-electron chi connectivity index (χ2n) is 6.41. The summed E-state index contributed by atoms with van der Waals surface area (Å²) in [6, 6.07) is 1.41. The Morgan fingerprint density at radius 3 is 2.81 bits per heavy atom. The lowest BCUT2D eigenvalue weighted by Gasteiger charge is -2.28. The van der Waals surface area contributed by atoms with Gasteiger partial charge in [0.25, 0.3) is 0 Å². The molecule has 0 spiro atoms. The molecule has 1 aromatic rings. The Hall–Kier alpha value is -2.53. The molecule has 0 bridgehead atoms. The summed E-state index contributed by atoms with van der Waals surface area (Å²) in [5.74, 6) is 2.38. The molecule has 7 nitrogen and oxygen atoms in total. The molecule has 2 aliphatic heterocycles. The summed E-state index contributed by atoms with van der Waals surface area (Å²) >= 11 is 0. The summed E-state index contributed by atoms with van der Waals surface area (Å²) in [6.45, 7) is 2.62. The predicted octanol–water partition coefficient (Wildman–Crippen LogP) is 2.03. The highest BCUT2D eigenvalue weighted by Gasteiger charge is 2.39. The van der Waals surface area contributed by atoms with Crippen molar-refractivity contribution < 1.29 is 13.9 Å². The molecule has 3 heterocycles. The van der Waals surface area contributed by atoms with Gasteiger partial charge in [-0.1, -0.05) is 0 Å². The van der Waals surface area contributed by atoms with Crippen molar-refractivity contribution in [3.05, 3.63) is 23.6 Å². The second-order valence-corrected chi connectivity index (χ2v) is 6.41. The summed E-state index contributed by atoms with van der Waals surface area (Å²) < 4.78 is 19.6. The van der Waals surface area contributed by atoms with Crippen molar-refractivity contribution in [3.63, 3.8) is 0 Å². The summed E-state index contributed by atoms with van der Waals surface area (Å²) in [7, 11) is 0. The van der Waals surface area contributed by atoms with Crippen LogP contribution in [0.25, 0.3) is 0 Å². The number of pyridine rings is 1. The van der Waals surface area contributed by atoms with E-state index in [1.807, 2.05) is 4.90 Å². The predicted molar refractivity (Wildman–Crippen MR) is 94.0 cm³/mol. The monoisotopic (exact) mass is 359 g/mol. The molecule has 0 saturated carbocycles. The van der Waals surface area contributed by atoms with E-state index >= 15 is 0 Å². The normalized spacial score (nSPS) is 17.6. The van der Waals surface area contributed by atoms with Gasteiger partial charge in [0.15, 0.2) is 17.3 Å². The zero-order valence-corrected chi connectivity index (χ0v) is 14.6. The van der Waals surface area contributed by atoms with E-state index in [4.69, 9.17) is 11.2 Å². The first kappa shape index (κ1) is 18.3. The van der Waals surface area contributed by atoms with E-state index < -0.39 is 5.66 Å². The van der Waals surface area contributed by atoms with Crippen molar-refractivity contribution in [2.24, 2.45) is 10.2 Å². The SMILES string of the molecule is C#CCCC1(CCC(=O)NCc2cnc(N3CCOCC3)c(F)c2)N=N1. The number of amides is 1. The number of nitrogens with zero attached hydrogens (tertiary/aromatic N) is 4. The summed E-state index contributed by atoms with van der Waals surface area (Å²) in [5, 5.41) is 10.8. The van der Waals surface area contributed by atoms with Crippen LogP contribution in [-0.4, -0.2) is 42.9 Å². The van der Waals surface area contributed by atoms with Crippen molar-refractivity contribution in [2.45, 2.75) is 37.9 Å². The number of anilines is 1. The molecular formula is C18H22FN5O2. The van der Waals surface area contributed by atoms with Crippen LogP contribution >= 0.6 is 0 Å². The number of halogens is 1. The molecule has 26 heavy (non-hydrogen) atoms. The molecule has 3 rings (SSSR count). The van der Waals surface area contributed by atoms with Gasteiger partial charge in [-0.25, -0.2) is 9.37 Å². The molecule has 0 aromatic carbocycles. The highest BCUT2D eigenvalue weighted by molar-refractivity contribution is 5.76. The van der Waals surface area contributed by atoms with Crippen molar-refractivity contribution in [1.29, 1.82) is 0 Å². The van der Waals surface area contributed by atoms with Crippen LogP contribution in [0.4, 0.5) is 10.2 Å². The Morgan fingerprint density at radius 1 is 1.38 bits per heavy atom. The van der Waals surface area contributed by atoms with Gasteiger partial charge in [-0.3, -0.25) is 4.79 Å². The first-order valence-corrected chi connectivity index (χ1v) is 8.73. The molecular weight excluding hydrogens is 337 g/mol. The van der Waals surface area contributed by atoms with Gasteiger partial charge in [-0.2, -0.15) is 10.2 Å². The fraction of sp³-hybridized carbons (Fsp3) is 0.556. The Morgan fingerprint density at radius 2 is 2.15 bits per heavy atom. The van der Waals surface area contributed by atoms with Crippen LogP contribution in [0, 0.1) is 18.2 Å². The minimum Gasteiger partial charge on any atom is -0.378 e. The van der Waals surface area contributed by atoms with E-state index in [0.29, 0.717) is 63.4 Å². The van der Waals surface area contributed by atoms with Gasteiger partial charge < -0.3 is 15.0 Å². The molecule has 1 fully saturated rings. The zero-order valence-electron chi connectivity index (χ0n) is 14.6. The van der Waals surface area contributed by atoms with Gasteiger partial charge in [0.1, 0.15) is 0 Å². The van der Waals surface area contributed by atoms with Crippen LogP contribution in [0.3, 0.4) is 0 Å². The van der Waals surface area contributed by atoms with Gasteiger partial charge in [-0.15, -0.1) is 12.3 Å². The van der Waals surface area contributed by atoms with Crippen LogP contribution in [0.15, 0.2) is 22.5 Å². The standard InChI is InChI=1S/C18H22FN5O2/c1-2-3-5-18(22-23-18)6-4-16(25)20-12-14-11-15(19)17(21-13-14)24-7-9-26-10-8-24/h1,11,13H,3-10,12H2,(H,20,25). The van der Waals surface area contributed by atoms with Crippen LogP contribution in [0.1, 0.15) is 31.2 Å². The topological polar surface area (TPSA) is 79.2 Å². The summed E-state index contributed by atoms with van der Waals surface area (Å²) in [6.07, 6.45) is 8.95. The molecule has 1 saturated heterocycles. The number of nitrogens with one attached hydrogen (secondary N) is 1. The Kier molecular flexibility index (Phi) is 5.78. The quantitative estimate of drug-likeness (QED) is 0.721. The summed E-state index contributed by atoms with van der Waals surface area (Å²) in [5.41, 5.74) is 0.160. The Balaban J connectivity index is 1.45. The molecule has 0 unspecified atom stereocenters. The highest BCUT2D eigenvalue weighted by atomic mass is 19.1. The first-order valence-electron chi connectivity index (χ1n) is 8.73. The number of ether oxygens (including phenoxy) is 1. The molecule has 1 N–H and O–H groups in total. The number of terminal acetylenes is 1. The molecule has 0 radical (unpaired) electrons. The lowest BCUT2D eigenvalue weighted by Crippen LogP contribution is -2.37. The van der Waals surface area contributed by atoms with E-state index in [9.17, 15) is 9.18 Å². The van der Waals surface area contributed by atoms with Crippen LogP contribution in [0.2, 0.25) is 0 Å². The van der Waals surface area contributed by atoms with Crippen molar-refractivity contribution >= 4 is 11.7 Å². The Labute approximate surface area is 152 Å². The van der Waals surface area contributed by atoms with Crippen molar-refractivity contribution in [2.75, 3.05) is 31.2 Å². The molecule has 2 aliphatic rings. The van der Waals surface area contributed by atoms with Gasteiger partial charge in [0.2, 0.25) is 5.91 Å². The number of aromatic nitrogens is 1. The third-order valence-corrected chi connectivity index (χ3v) is 4.48. The molecule has 0 aliphatic carbocycles. The minimum atomic E-state index is -0.461. The molecule has 8 heteroatoms. The highest BCUT2D eigenvalue weighted by Crippen LogP contribution is 2.37. The Bertz CT molecular complexity index is 719. The third kappa shape index (κ3) is 4.76. The molecule has 1 aromatic heterocycles. The molecule has 1 amide bonds. The largest absolute Gasteiger partial charge is 0.378 e.